The van der Waals surface area contributed by atoms with Gasteiger partial charge < -0.3 is 4.74 Å². The molecule has 1 aliphatic carbocycles. The fourth-order valence-corrected chi connectivity index (χ4v) is 3.44. The van der Waals surface area contributed by atoms with Crippen molar-refractivity contribution in [1.82, 2.24) is 0 Å². The lowest BCUT2D eigenvalue weighted by atomic mass is 9.83. The summed E-state index contributed by atoms with van der Waals surface area (Å²) in [6.45, 7) is 0. The second kappa shape index (κ2) is 6.57. The predicted molar refractivity (Wildman–Crippen MR) is 92.4 cm³/mol. The molecule has 0 atom stereocenters. The van der Waals surface area contributed by atoms with E-state index in [4.69, 9.17) is 4.74 Å². The maximum atomic E-state index is 5.21. The van der Waals surface area contributed by atoms with Gasteiger partial charge in [-0.2, -0.15) is 12.6 Å². The van der Waals surface area contributed by atoms with E-state index >= 15 is 0 Å². The lowest BCUT2D eigenvalue weighted by Crippen LogP contribution is -2.12. The molecule has 0 radical (unpaired) electrons. The molecule has 2 aromatic rings. The minimum atomic E-state index is 0.611. The Hall–Kier alpha value is -1.41. The van der Waals surface area contributed by atoms with Crippen LogP contribution in [0.4, 0.5) is 0 Å². The minimum Gasteiger partial charge on any atom is -0.497 e. The summed E-state index contributed by atoms with van der Waals surface area (Å²) in [6.07, 6.45) is 5.04. The topological polar surface area (TPSA) is 9.23 Å². The van der Waals surface area contributed by atoms with Crippen molar-refractivity contribution in [2.75, 3.05) is 7.11 Å². The molecule has 0 N–H and O–H groups in total. The summed E-state index contributed by atoms with van der Waals surface area (Å²) in [4.78, 5) is 0. The van der Waals surface area contributed by atoms with E-state index < -0.39 is 0 Å². The molecule has 0 bridgehead atoms. The van der Waals surface area contributed by atoms with Crippen LogP contribution in [0.1, 0.15) is 37.2 Å². The molecular formula is C19H22OS. The third kappa shape index (κ3) is 3.44. The second-order valence-corrected chi connectivity index (χ2v) is 6.59. The minimum absolute atomic E-state index is 0.611. The number of hydrogen-bond acceptors (Lipinski definition) is 2. The van der Waals surface area contributed by atoms with Crippen molar-refractivity contribution in [3.05, 3.63) is 54.1 Å². The Morgan fingerprint density at radius 2 is 1.33 bits per heavy atom. The summed E-state index contributed by atoms with van der Waals surface area (Å²) in [6, 6.07) is 17.3. The molecule has 1 saturated carbocycles. The first-order chi connectivity index (χ1) is 10.3. The van der Waals surface area contributed by atoms with Crippen LogP contribution < -0.4 is 4.74 Å². The van der Waals surface area contributed by atoms with Crippen molar-refractivity contribution < 1.29 is 4.74 Å². The Balaban J connectivity index is 1.74. The Morgan fingerprint density at radius 1 is 0.810 bits per heavy atom. The summed E-state index contributed by atoms with van der Waals surface area (Å²) < 4.78 is 5.21. The molecule has 1 nitrogen and oxygen atoms in total. The molecule has 0 spiro atoms. The maximum Gasteiger partial charge on any atom is 0.118 e. The highest BCUT2D eigenvalue weighted by molar-refractivity contribution is 7.80. The van der Waals surface area contributed by atoms with Crippen LogP contribution in [0.25, 0.3) is 11.1 Å². The summed E-state index contributed by atoms with van der Waals surface area (Å²) >= 11 is 4.58. The Labute approximate surface area is 132 Å². The molecule has 21 heavy (non-hydrogen) atoms. The number of hydrogen-bond donors (Lipinski definition) is 1. The normalized spacial score (nSPS) is 22.0. The molecule has 0 aliphatic heterocycles. The van der Waals surface area contributed by atoms with E-state index in [9.17, 15) is 0 Å². The first kappa shape index (κ1) is 14.5. The molecule has 110 valence electrons. The van der Waals surface area contributed by atoms with Gasteiger partial charge in [0.1, 0.15) is 5.75 Å². The number of rotatable bonds is 3. The van der Waals surface area contributed by atoms with Gasteiger partial charge in [0.05, 0.1) is 7.11 Å². The van der Waals surface area contributed by atoms with Crippen molar-refractivity contribution in [2.45, 2.75) is 36.9 Å². The van der Waals surface area contributed by atoms with E-state index in [1.807, 2.05) is 12.1 Å². The number of methoxy groups -OCH3 is 1. The van der Waals surface area contributed by atoms with E-state index in [1.54, 1.807) is 7.11 Å². The quantitative estimate of drug-likeness (QED) is 0.755. The van der Waals surface area contributed by atoms with Crippen LogP contribution in [0.5, 0.6) is 5.75 Å². The molecule has 0 unspecified atom stereocenters. The zero-order valence-corrected chi connectivity index (χ0v) is 13.4. The lowest BCUT2D eigenvalue weighted by molar-refractivity contribution is 0.415. The summed E-state index contributed by atoms with van der Waals surface area (Å²) in [5.74, 6) is 1.62. The zero-order valence-electron chi connectivity index (χ0n) is 12.5. The molecule has 1 aliphatic rings. The van der Waals surface area contributed by atoms with Crippen LogP contribution in [-0.2, 0) is 0 Å². The summed E-state index contributed by atoms with van der Waals surface area (Å²) in [5, 5.41) is 0.611. The van der Waals surface area contributed by atoms with Gasteiger partial charge in [0.15, 0.2) is 0 Å². The van der Waals surface area contributed by atoms with Gasteiger partial charge in [0.2, 0.25) is 0 Å². The lowest BCUT2D eigenvalue weighted by Gasteiger charge is -2.26. The smallest absolute Gasteiger partial charge is 0.118 e. The van der Waals surface area contributed by atoms with Gasteiger partial charge in [-0.3, -0.25) is 0 Å². The van der Waals surface area contributed by atoms with Crippen molar-refractivity contribution in [1.29, 1.82) is 0 Å². The fraction of sp³-hybridized carbons (Fsp3) is 0.368. The Bertz CT molecular complexity index is 566. The van der Waals surface area contributed by atoms with Gasteiger partial charge in [0, 0.05) is 5.25 Å². The van der Waals surface area contributed by atoms with Crippen molar-refractivity contribution >= 4 is 12.6 Å². The molecular weight excluding hydrogens is 276 g/mol. The fourth-order valence-electron chi connectivity index (χ4n) is 3.14. The van der Waals surface area contributed by atoms with Crippen molar-refractivity contribution in [2.24, 2.45) is 0 Å². The van der Waals surface area contributed by atoms with E-state index in [0.29, 0.717) is 5.25 Å². The second-order valence-electron chi connectivity index (χ2n) is 5.86. The number of ether oxygens (including phenoxy) is 1. The monoisotopic (exact) mass is 298 g/mol. The number of benzene rings is 2. The standard InChI is InChI=1S/C19H22OS/c1-20-18-10-6-16(7-11-18)14-2-4-15(5-3-14)17-8-12-19(21)13-9-17/h2-7,10-11,17,19,21H,8-9,12-13H2,1H3. The SMILES string of the molecule is COc1ccc(-c2ccc(C3CCC(S)CC3)cc2)cc1. The molecule has 1 fully saturated rings. The molecule has 0 amide bonds. The highest BCUT2D eigenvalue weighted by Gasteiger charge is 2.19. The van der Waals surface area contributed by atoms with E-state index in [1.165, 1.54) is 42.4 Å². The first-order valence-corrected chi connectivity index (χ1v) is 8.20. The highest BCUT2D eigenvalue weighted by Crippen LogP contribution is 2.35. The molecule has 3 rings (SSSR count). The van der Waals surface area contributed by atoms with Gasteiger partial charge in [-0.25, -0.2) is 0 Å². The third-order valence-corrected chi connectivity index (χ3v) is 5.02. The van der Waals surface area contributed by atoms with Crippen LogP contribution in [-0.4, -0.2) is 12.4 Å². The molecule has 0 aromatic heterocycles. The molecule has 2 heteroatoms. The Kier molecular flexibility index (Phi) is 4.54. The van der Waals surface area contributed by atoms with Crippen LogP contribution in [0.3, 0.4) is 0 Å². The largest absolute Gasteiger partial charge is 0.497 e. The van der Waals surface area contributed by atoms with E-state index in [2.05, 4.69) is 49.0 Å². The zero-order chi connectivity index (χ0) is 14.7. The van der Waals surface area contributed by atoms with E-state index in [-0.39, 0.29) is 0 Å². The summed E-state index contributed by atoms with van der Waals surface area (Å²) in [7, 11) is 1.70. The maximum absolute atomic E-state index is 5.21. The predicted octanol–water partition coefficient (Wildman–Crippen LogP) is 5.32. The van der Waals surface area contributed by atoms with Gasteiger partial charge in [0.25, 0.3) is 0 Å². The molecule has 0 heterocycles. The van der Waals surface area contributed by atoms with E-state index in [0.717, 1.165) is 11.7 Å². The van der Waals surface area contributed by atoms with Gasteiger partial charge in [-0.1, -0.05) is 36.4 Å². The van der Waals surface area contributed by atoms with Gasteiger partial charge in [-0.15, -0.1) is 0 Å². The molecule has 2 aromatic carbocycles. The van der Waals surface area contributed by atoms with Crippen molar-refractivity contribution in [3.8, 4) is 16.9 Å². The van der Waals surface area contributed by atoms with Gasteiger partial charge in [-0.05, 0) is 60.4 Å². The van der Waals surface area contributed by atoms with Crippen LogP contribution >= 0.6 is 12.6 Å². The van der Waals surface area contributed by atoms with Crippen molar-refractivity contribution in [3.63, 3.8) is 0 Å². The third-order valence-electron chi connectivity index (χ3n) is 4.50. The Morgan fingerprint density at radius 3 is 1.86 bits per heavy atom. The first-order valence-electron chi connectivity index (χ1n) is 7.68. The van der Waals surface area contributed by atoms with Crippen LogP contribution in [0.15, 0.2) is 48.5 Å². The average Bonchev–Trinajstić information content (AvgIpc) is 2.56. The van der Waals surface area contributed by atoms with Gasteiger partial charge >= 0.3 is 0 Å². The number of thiol groups is 1. The van der Waals surface area contributed by atoms with Crippen LogP contribution in [0, 0.1) is 0 Å². The summed E-state index contributed by atoms with van der Waals surface area (Å²) in [5.41, 5.74) is 3.98. The highest BCUT2D eigenvalue weighted by atomic mass is 32.1. The average molecular weight is 298 g/mol. The van der Waals surface area contributed by atoms with Crippen LogP contribution in [0.2, 0.25) is 0 Å². The molecule has 0 saturated heterocycles.